The largest absolute Gasteiger partial charge is 0.320 e. The van der Waals surface area contributed by atoms with E-state index in [0.29, 0.717) is 12.3 Å². The predicted molar refractivity (Wildman–Crippen MR) is 81.4 cm³/mol. The van der Waals surface area contributed by atoms with E-state index >= 15 is 0 Å². The number of aromatic nitrogens is 1. The van der Waals surface area contributed by atoms with Crippen molar-refractivity contribution in [3.8, 4) is 0 Å². The van der Waals surface area contributed by atoms with Crippen LogP contribution in [0.25, 0.3) is 0 Å². The number of nitrogens with zero attached hydrogens (tertiary/aromatic N) is 2. The van der Waals surface area contributed by atoms with Gasteiger partial charge in [-0.1, -0.05) is 23.7 Å². The molecule has 1 fully saturated rings. The molecule has 1 aliphatic rings. The fourth-order valence-electron chi connectivity index (χ4n) is 2.23. The van der Waals surface area contributed by atoms with E-state index in [1.165, 1.54) is 17.8 Å². The molecule has 0 aliphatic carbocycles. The van der Waals surface area contributed by atoms with E-state index in [0.717, 1.165) is 11.3 Å². The van der Waals surface area contributed by atoms with E-state index in [2.05, 4.69) is 4.98 Å². The van der Waals surface area contributed by atoms with Crippen molar-refractivity contribution in [1.29, 1.82) is 0 Å². The zero-order chi connectivity index (χ0) is 14.8. The number of pyridine rings is 1. The second kappa shape index (κ2) is 6.03. The summed E-state index contributed by atoms with van der Waals surface area (Å²) in [5.41, 5.74) is 1.65. The van der Waals surface area contributed by atoms with Crippen LogP contribution in [-0.4, -0.2) is 21.5 Å². The minimum Gasteiger partial charge on any atom is -0.320 e. The van der Waals surface area contributed by atoms with Gasteiger partial charge in [-0.15, -0.1) is 11.8 Å². The number of hydrogen-bond donors (Lipinski definition) is 0. The van der Waals surface area contributed by atoms with Gasteiger partial charge in [-0.25, -0.2) is 4.39 Å². The molecule has 21 heavy (non-hydrogen) atoms. The highest BCUT2D eigenvalue weighted by molar-refractivity contribution is 8.00. The molecule has 0 spiro atoms. The van der Waals surface area contributed by atoms with Gasteiger partial charge in [0.1, 0.15) is 11.2 Å². The summed E-state index contributed by atoms with van der Waals surface area (Å²) in [6.45, 7) is 0.437. The van der Waals surface area contributed by atoms with Crippen molar-refractivity contribution in [3.05, 3.63) is 64.7 Å². The quantitative estimate of drug-likeness (QED) is 0.865. The summed E-state index contributed by atoms with van der Waals surface area (Å²) < 4.78 is 13.3. The Morgan fingerprint density at radius 2 is 2.24 bits per heavy atom. The van der Waals surface area contributed by atoms with Crippen LogP contribution < -0.4 is 0 Å². The number of benzene rings is 1. The summed E-state index contributed by atoms with van der Waals surface area (Å²) in [7, 11) is 0. The molecule has 1 aromatic carbocycles. The summed E-state index contributed by atoms with van der Waals surface area (Å²) in [6, 6.07) is 10.2. The summed E-state index contributed by atoms with van der Waals surface area (Å²) in [5.74, 6) is 0.00840. The normalized spacial score (nSPS) is 18.3. The minimum atomic E-state index is -0.453. The van der Waals surface area contributed by atoms with E-state index < -0.39 is 5.82 Å². The van der Waals surface area contributed by atoms with Crippen LogP contribution in [0.3, 0.4) is 0 Å². The maximum Gasteiger partial charge on any atom is 0.234 e. The molecule has 6 heteroatoms. The summed E-state index contributed by atoms with van der Waals surface area (Å²) in [4.78, 5) is 18.1. The number of halogens is 2. The molecule has 2 aromatic rings. The van der Waals surface area contributed by atoms with E-state index in [1.807, 2.05) is 18.2 Å². The van der Waals surface area contributed by atoms with Crippen molar-refractivity contribution in [2.75, 3.05) is 5.75 Å². The number of hydrogen-bond acceptors (Lipinski definition) is 3. The van der Waals surface area contributed by atoms with Crippen molar-refractivity contribution in [3.63, 3.8) is 0 Å². The van der Waals surface area contributed by atoms with Gasteiger partial charge in [-0.3, -0.25) is 9.78 Å². The lowest BCUT2D eigenvalue weighted by molar-refractivity contribution is -0.128. The zero-order valence-electron chi connectivity index (χ0n) is 11.0. The molecule has 0 radical (unpaired) electrons. The Bertz CT molecular complexity index is 668. The molecule has 0 bridgehead atoms. The summed E-state index contributed by atoms with van der Waals surface area (Å²) in [5, 5.41) is -0.0807. The molecule has 1 saturated heterocycles. The third kappa shape index (κ3) is 3.04. The van der Waals surface area contributed by atoms with E-state index in [1.54, 1.807) is 23.2 Å². The number of carbonyl (C=O) groups excluding carboxylic acids is 1. The Balaban J connectivity index is 1.86. The van der Waals surface area contributed by atoms with Crippen LogP contribution in [0.5, 0.6) is 0 Å². The molecular weight excluding hydrogens is 311 g/mol. The highest BCUT2D eigenvalue weighted by Gasteiger charge is 2.33. The van der Waals surface area contributed by atoms with Crippen LogP contribution >= 0.6 is 23.4 Å². The third-order valence-electron chi connectivity index (χ3n) is 3.26. The molecule has 1 aromatic heterocycles. The molecule has 108 valence electrons. The van der Waals surface area contributed by atoms with E-state index in [4.69, 9.17) is 11.6 Å². The Morgan fingerprint density at radius 1 is 1.38 bits per heavy atom. The maximum atomic E-state index is 13.3. The number of rotatable bonds is 3. The summed E-state index contributed by atoms with van der Waals surface area (Å²) in [6.07, 6.45) is 1.70. The van der Waals surface area contributed by atoms with Gasteiger partial charge in [-0.05, 0) is 29.8 Å². The lowest BCUT2D eigenvalue weighted by Crippen LogP contribution is -2.28. The van der Waals surface area contributed by atoms with Crippen LogP contribution in [0.2, 0.25) is 5.02 Å². The van der Waals surface area contributed by atoms with Gasteiger partial charge >= 0.3 is 0 Å². The van der Waals surface area contributed by atoms with Gasteiger partial charge in [0.15, 0.2) is 0 Å². The predicted octanol–water partition coefficient (Wildman–Crippen LogP) is 3.65. The molecule has 1 atom stereocenters. The fraction of sp³-hybridized carbons (Fsp3) is 0.200. The second-order valence-electron chi connectivity index (χ2n) is 4.68. The molecule has 1 aliphatic heterocycles. The first-order valence-corrected chi connectivity index (χ1v) is 7.84. The number of amides is 1. The van der Waals surface area contributed by atoms with Gasteiger partial charge in [0.25, 0.3) is 0 Å². The molecule has 3 rings (SSSR count). The monoisotopic (exact) mass is 322 g/mol. The van der Waals surface area contributed by atoms with Gasteiger partial charge < -0.3 is 4.90 Å². The lowest BCUT2D eigenvalue weighted by Gasteiger charge is -2.24. The average molecular weight is 323 g/mol. The average Bonchev–Trinajstić information content (AvgIpc) is 2.85. The molecular formula is C15H12ClFN2OS. The lowest BCUT2D eigenvalue weighted by atomic mass is 10.2. The maximum absolute atomic E-state index is 13.3. The van der Waals surface area contributed by atoms with E-state index in [-0.39, 0.29) is 16.3 Å². The van der Waals surface area contributed by atoms with Crippen LogP contribution in [-0.2, 0) is 11.3 Å². The van der Waals surface area contributed by atoms with Crippen LogP contribution in [0.4, 0.5) is 4.39 Å². The van der Waals surface area contributed by atoms with Crippen molar-refractivity contribution in [2.24, 2.45) is 0 Å². The second-order valence-corrected chi connectivity index (χ2v) is 6.16. The highest BCUT2D eigenvalue weighted by Crippen LogP contribution is 2.40. The van der Waals surface area contributed by atoms with E-state index in [9.17, 15) is 9.18 Å². The minimum absolute atomic E-state index is 0.0519. The number of carbonyl (C=O) groups is 1. The molecule has 1 amide bonds. The van der Waals surface area contributed by atoms with Crippen LogP contribution in [0.1, 0.15) is 16.6 Å². The van der Waals surface area contributed by atoms with Crippen molar-refractivity contribution in [1.82, 2.24) is 9.88 Å². The van der Waals surface area contributed by atoms with Gasteiger partial charge in [0, 0.05) is 6.20 Å². The standard InChI is InChI=1S/C15H12ClFN2OS/c16-12-7-10(4-5-13(12)17)15-19(14(20)9-21-15)8-11-3-1-2-6-18-11/h1-7,15H,8-9H2. The first kappa shape index (κ1) is 14.4. The fourth-order valence-corrected chi connectivity index (χ4v) is 3.60. The zero-order valence-corrected chi connectivity index (χ0v) is 12.6. The smallest absolute Gasteiger partial charge is 0.234 e. The SMILES string of the molecule is O=C1CSC(c2ccc(F)c(Cl)c2)N1Cc1ccccn1. The van der Waals surface area contributed by atoms with Gasteiger partial charge in [0.2, 0.25) is 5.91 Å². The van der Waals surface area contributed by atoms with Crippen LogP contribution in [0, 0.1) is 5.82 Å². The van der Waals surface area contributed by atoms with Gasteiger partial charge in [0.05, 0.1) is 23.0 Å². The molecule has 0 N–H and O–H groups in total. The topological polar surface area (TPSA) is 33.2 Å². The third-order valence-corrected chi connectivity index (χ3v) is 4.80. The molecule has 3 nitrogen and oxygen atoms in total. The molecule has 0 saturated carbocycles. The highest BCUT2D eigenvalue weighted by atomic mass is 35.5. The Kier molecular flexibility index (Phi) is 4.12. The Hall–Kier alpha value is -1.59. The van der Waals surface area contributed by atoms with Crippen molar-refractivity contribution < 1.29 is 9.18 Å². The van der Waals surface area contributed by atoms with Crippen molar-refractivity contribution >= 4 is 29.3 Å². The molecule has 2 heterocycles. The van der Waals surface area contributed by atoms with Crippen LogP contribution in [0.15, 0.2) is 42.6 Å². The Labute approximate surface area is 131 Å². The number of thioether (sulfide) groups is 1. The first-order chi connectivity index (χ1) is 10.1. The molecule has 1 unspecified atom stereocenters. The first-order valence-electron chi connectivity index (χ1n) is 6.41. The van der Waals surface area contributed by atoms with Gasteiger partial charge in [-0.2, -0.15) is 0 Å². The van der Waals surface area contributed by atoms with Crippen molar-refractivity contribution in [2.45, 2.75) is 11.9 Å². The Morgan fingerprint density at radius 3 is 2.95 bits per heavy atom. The summed E-state index contributed by atoms with van der Waals surface area (Å²) >= 11 is 7.35.